The van der Waals surface area contributed by atoms with Crippen molar-refractivity contribution in [3.05, 3.63) is 106 Å². The number of hydrogen-bond acceptors (Lipinski definition) is 5. The number of ketones is 1. The van der Waals surface area contributed by atoms with Crippen molar-refractivity contribution >= 4 is 34.0 Å². The molecule has 0 aliphatic heterocycles. The Morgan fingerprint density at radius 2 is 1.69 bits per heavy atom. The predicted molar refractivity (Wildman–Crippen MR) is 140 cm³/mol. The molecule has 0 amide bonds. The number of hydrogen-bond donors (Lipinski definition) is 0. The van der Waals surface area contributed by atoms with Crippen LogP contribution >= 0.6 is 11.3 Å². The van der Waals surface area contributed by atoms with Crippen molar-refractivity contribution in [2.75, 3.05) is 6.61 Å². The monoisotopic (exact) mass is 480 g/mol. The quantitative estimate of drug-likeness (QED) is 0.200. The van der Waals surface area contributed by atoms with Crippen molar-refractivity contribution < 1.29 is 14.3 Å². The van der Waals surface area contributed by atoms with Gasteiger partial charge < -0.3 is 9.30 Å². The summed E-state index contributed by atoms with van der Waals surface area (Å²) in [5.41, 5.74) is 6.29. The maximum atomic E-state index is 13.1. The predicted octanol–water partition coefficient (Wildman–Crippen LogP) is 6.72. The maximum absolute atomic E-state index is 13.1. The Hall–Kier alpha value is -4.03. The summed E-state index contributed by atoms with van der Waals surface area (Å²) in [6, 6.07) is 23.1. The molecule has 0 bridgehead atoms. The van der Waals surface area contributed by atoms with Crippen molar-refractivity contribution in [1.29, 1.82) is 0 Å². The second-order valence-electron chi connectivity index (χ2n) is 8.50. The standard InChI is InChI=1S/C29H24N2O3S/c1-18-10-12-21(13-11-18)31-19(2)15-23(20(31)3)27(32)17-34-29(33)24-16-26(28-9-6-14-35-28)30-25-8-5-4-7-22(24)25/h4-16H,17H2,1-3H3. The molecule has 5 nitrogen and oxygen atoms in total. The number of rotatable bonds is 6. The van der Waals surface area contributed by atoms with Gasteiger partial charge in [0, 0.05) is 28.0 Å². The third-order valence-corrected chi connectivity index (χ3v) is 6.96. The van der Waals surface area contributed by atoms with Crippen LogP contribution in [0.1, 0.15) is 37.7 Å². The van der Waals surface area contributed by atoms with Crippen molar-refractivity contribution in [2.24, 2.45) is 0 Å². The number of esters is 1. The summed E-state index contributed by atoms with van der Waals surface area (Å²) in [5, 5.41) is 2.67. The molecule has 0 unspecified atom stereocenters. The van der Waals surface area contributed by atoms with Gasteiger partial charge in [-0.2, -0.15) is 0 Å². The van der Waals surface area contributed by atoms with Crippen molar-refractivity contribution in [1.82, 2.24) is 9.55 Å². The molecule has 0 N–H and O–H groups in total. The van der Waals surface area contributed by atoms with E-state index in [1.165, 1.54) is 5.56 Å². The van der Waals surface area contributed by atoms with E-state index in [1.807, 2.05) is 97.4 Å². The second-order valence-corrected chi connectivity index (χ2v) is 9.45. The third kappa shape index (κ3) is 4.40. The van der Waals surface area contributed by atoms with Crippen molar-refractivity contribution in [2.45, 2.75) is 20.8 Å². The van der Waals surface area contributed by atoms with Crippen molar-refractivity contribution in [3.8, 4) is 16.3 Å². The van der Waals surface area contributed by atoms with Crippen LogP contribution in [0.5, 0.6) is 0 Å². The molecule has 6 heteroatoms. The fourth-order valence-electron chi connectivity index (χ4n) is 4.32. The Morgan fingerprint density at radius 1 is 0.914 bits per heavy atom. The molecular formula is C29H24N2O3S. The smallest absolute Gasteiger partial charge is 0.339 e. The highest BCUT2D eigenvalue weighted by Crippen LogP contribution is 2.28. The number of ether oxygens (including phenoxy) is 1. The summed E-state index contributed by atoms with van der Waals surface area (Å²) >= 11 is 1.55. The molecule has 0 atom stereocenters. The van der Waals surface area contributed by atoms with Gasteiger partial charge in [-0.1, -0.05) is 42.0 Å². The molecule has 0 saturated heterocycles. The number of thiophene rings is 1. The maximum Gasteiger partial charge on any atom is 0.339 e. The molecule has 0 fully saturated rings. The first-order chi connectivity index (χ1) is 16.9. The zero-order chi connectivity index (χ0) is 24.5. The van der Waals surface area contributed by atoms with Crippen LogP contribution in [0.2, 0.25) is 0 Å². The lowest BCUT2D eigenvalue weighted by molar-refractivity contribution is 0.0476. The zero-order valence-corrected chi connectivity index (χ0v) is 20.6. The van der Waals surface area contributed by atoms with Gasteiger partial charge >= 0.3 is 5.97 Å². The van der Waals surface area contributed by atoms with E-state index < -0.39 is 5.97 Å². The van der Waals surface area contributed by atoms with E-state index >= 15 is 0 Å². The minimum atomic E-state index is -0.540. The van der Waals surface area contributed by atoms with Gasteiger partial charge in [-0.3, -0.25) is 4.79 Å². The number of benzene rings is 2. The first-order valence-electron chi connectivity index (χ1n) is 11.3. The summed E-state index contributed by atoms with van der Waals surface area (Å²) in [7, 11) is 0. The minimum Gasteiger partial charge on any atom is -0.454 e. The number of nitrogens with zero attached hydrogens (tertiary/aromatic N) is 2. The minimum absolute atomic E-state index is 0.235. The fraction of sp³-hybridized carbons (Fsp3) is 0.138. The molecule has 0 spiro atoms. The lowest BCUT2D eigenvalue weighted by atomic mass is 10.1. The van der Waals surface area contributed by atoms with E-state index in [0.717, 1.165) is 22.0 Å². The summed E-state index contributed by atoms with van der Waals surface area (Å²) in [5.74, 6) is -0.774. The molecule has 5 rings (SSSR count). The SMILES string of the molecule is Cc1ccc(-n2c(C)cc(C(=O)COC(=O)c3cc(-c4cccs4)nc4ccccc34)c2C)cc1. The lowest BCUT2D eigenvalue weighted by Crippen LogP contribution is -2.15. The average molecular weight is 481 g/mol. The Bertz CT molecular complexity index is 1550. The van der Waals surface area contributed by atoms with Crippen LogP contribution in [0.3, 0.4) is 0 Å². The Kier molecular flexibility index (Phi) is 6.05. The molecule has 174 valence electrons. The number of para-hydroxylation sites is 1. The van der Waals surface area contributed by atoms with Crippen molar-refractivity contribution in [3.63, 3.8) is 0 Å². The van der Waals surface area contributed by atoms with Crippen LogP contribution in [-0.2, 0) is 4.74 Å². The molecule has 35 heavy (non-hydrogen) atoms. The number of Topliss-reactive ketones (excluding diaryl/α,β-unsaturated/α-hetero) is 1. The number of fused-ring (bicyclic) bond motifs is 1. The number of carbonyl (C=O) groups excluding carboxylic acids is 2. The second kappa shape index (κ2) is 9.31. The van der Waals surface area contributed by atoms with Gasteiger partial charge in [0.15, 0.2) is 6.61 Å². The van der Waals surface area contributed by atoms with Gasteiger partial charge in [-0.05, 0) is 62.5 Å². The van der Waals surface area contributed by atoms with Gasteiger partial charge in [0.05, 0.1) is 21.7 Å². The third-order valence-electron chi connectivity index (χ3n) is 6.07. The van der Waals surface area contributed by atoms with E-state index in [4.69, 9.17) is 9.72 Å². The van der Waals surface area contributed by atoms with Crippen LogP contribution in [-0.4, -0.2) is 27.9 Å². The van der Waals surface area contributed by atoms with Gasteiger partial charge in [0.25, 0.3) is 0 Å². The van der Waals surface area contributed by atoms with Crippen LogP contribution in [0.25, 0.3) is 27.2 Å². The van der Waals surface area contributed by atoms with Gasteiger partial charge in [-0.15, -0.1) is 11.3 Å². The number of aryl methyl sites for hydroxylation is 2. The molecule has 0 saturated carbocycles. The van der Waals surface area contributed by atoms with E-state index in [0.29, 0.717) is 27.7 Å². The largest absolute Gasteiger partial charge is 0.454 e. The number of carbonyl (C=O) groups is 2. The van der Waals surface area contributed by atoms with E-state index in [9.17, 15) is 9.59 Å². The lowest BCUT2D eigenvalue weighted by Gasteiger charge is -2.11. The van der Waals surface area contributed by atoms with Crippen LogP contribution in [0.15, 0.2) is 78.2 Å². The van der Waals surface area contributed by atoms with E-state index in [-0.39, 0.29) is 12.4 Å². The first kappa shape index (κ1) is 22.7. The molecule has 3 aromatic heterocycles. The average Bonchev–Trinajstić information content (AvgIpc) is 3.50. The summed E-state index contributed by atoms with van der Waals surface area (Å²) in [4.78, 5) is 31.8. The molecule has 2 aromatic carbocycles. The Labute approximate surface area is 207 Å². The molecular weight excluding hydrogens is 456 g/mol. The van der Waals surface area contributed by atoms with Crippen LogP contribution < -0.4 is 0 Å². The number of pyridine rings is 1. The normalized spacial score (nSPS) is 11.1. The zero-order valence-electron chi connectivity index (χ0n) is 19.7. The topological polar surface area (TPSA) is 61.2 Å². The molecule has 0 aliphatic carbocycles. The highest BCUT2D eigenvalue weighted by atomic mass is 32.1. The molecule has 0 aliphatic rings. The molecule has 0 radical (unpaired) electrons. The Balaban J connectivity index is 1.40. The van der Waals surface area contributed by atoms with E-state index in [1.54, 1.807) is 17.4 Å². The summed E-state index contributed by atoms with van der Waals surface area (Å²) in [6.07, 6.45) is 0. The molecule has 5 aromatic rings. The first-order valence-corrected chi connectivity index (χ1v) is 12.2. The number of aromatic nitrogens is 2. The summed E-state index contributed by atoms with van der Waals surface area (Å²) < 4.78 is 7.57. The van der Waals surface area contributed by atoms with Gasteiger partial charge in [0.2, 0.25) is 5.78 Å². The van der Waals surface area contributed by atoms with E-state index in [2.05, 4.69) is 0 Å². The highest BCUT2D eigenvalue weighted by molar-refractivity contribution is 7.13. The highest BCUT2D eigenvalue weighted by Gasteiger charge is 2.20. The summed E-state index contributed by atoms with van der Waals surface area (Å²) in [6.45, 7) is 5.58. The van der Waals surface area contributed by atoms with Gasteiger partial charge in [-0.25, -0.2) is 9.78 Å². The Morgan fingerprint density at radius 3 is 2.43 bits per heavy atom. The van der Waals surface area contributed by atoms with Crippen LogP contribution in [0, 0.1) is 20.8 Å². The fourth-order valence-corrected chi connectivity index (χ4v) is 5.00. The van der Waals surface area contributed by atoms with Crippen LogP contribution in [0.4, 0.5) is 0 Å². The molecule has 3 heterocycles. The van der Waals surface area contributed by atoms with Gasteiger partial charge in [0.1, 0.15) is 0 Å².